The summed E-state index contributed by atoms with van der Waals surface area (Å²) in [5.41, 5.74) is 10.4. The molecule has 226 valence electrons. The van der Waals surface area contributed by atoms with E-state index in [0.29, 0.717) is 51.6 Å². The van der Waals surface area contributed by atoms with E-state index in [9.17, 15) is 9.59 Å². The van der Waals surface area contributed by atoms with E-state index in [4.69, 9.17) is 43.4 Å². The second-order valence-electron chi connectivity index (χ2n) is 9.33. The molecule has 0 aliphatic carbocycles. The molecule has 0 aliphatic heterocycles. The van der Waals surface area contributed by atoms with Crippen LogP contribution in [0.2, 0.25) is 10.2 Å². The lowest BCUT2D eigenvalue weighted by molar-refractivity contribution is 0.104. The van der Waals surface area contributed by atoms with Gasteiger partial charge in [0.05, 0.1) is 17.3 Å². The van der Waals surface area contributed by atoms with Crippen LogP contribution in [0.15, 0.2) is 72.8 Å². The van der Waals surface area contributed by atoms with E-state index in [0.717, 1.165) is 22.3 Å². The normalized spacial score (nSPS) is 11.5. The number of nitrogens with zero attached hydrogens (tertiary/aromatic N) is 1. The first-order chi connectivity index (χ1) is 20.9. The molecule has 1 atom stereocenters. The Hall–Kier alpha value is -3.36. The third-order valence-electron chi connectivity index (χ3n) is 6.37. The molecule has 4 rings (SSSR count). The molecule has 1 aromatic heterocycles. The lowest BCUT2D eigenvalue weighted by atomic mass is 10.1. The molecular formula is C30H31Cl2IN6O4. The summed E-state index contributed by atoms with van der Waals surface area (Å²) >= 11 is 14.8. The predicted octanol–water partition coefficient (Wildman–Crippen LogP) is 6.58. The van der Waals surface area contributed by atoms with Gasteiger partial charge in [-0.25, -0.2) is 14.6 Å². The lowest BCUT2D eigenvalue weighted by Gasteiger charge is -2.18. The van der Waals surface area contributed by atoms with E-state index in [2.05, 4.69) is 43.5 Å². The van der Waals surface area contributed by atoms with Crippen LogP contribution in [0.4, 0.5) is 15.3 Å². The number of halogens is 3. The number of aromatic amines is 1. The Morgan fingerprint density at radius 3 is 2.49 bits per heavy atom. The number of alkyl halides is 1. The maximum absolute atomic E-state index is 13.0. The van der Waals surface area contributed by atoms with Crippen molar-refractivity contribution in [3.63, 3.8) is 0 Å². The minimum atomic E-state index is -0.576. The third-order valence-corrected chi connectivity index (χ3v) is 7.32. The van der Waals surface area contributed by atoms with Crippen LogP contribution in [0.1, 0.15) is 28.6 Å². The van der Waals surface area contributed by atoms with Gasteiger partial charge in [0, 0.05) is 29.4 Å². The minimum Gasteiger partial charge on any atom is -0.447 e. The molecule has 43 heavy (non-hydrogen) atoms. The number of benzene rings is 3. The average molecular weight is 737 g/mol. The first-order valence-electron chi connectivity index (χ1n) is 13.3. The van der Waals surface area contributed by atoms with E-state index < -0.39 is 12.1 Å². The number of H-pyrrole nitrogens is 1. The van der Waals surface area contributed by atoms with Gasteiger partial charge in [0.1, 0.15) is 23.3 Å². The minimum absolute atomic E-state index is 0.157. The van der Waals surface area contributed by atoms with Crippen LogP contribution in [0, 0.1) is 0 Å². The van der Waals surface area contributed by atoms with Crippen molar-refractivity contribution in [3.05, 3.63) is 105 Å². The summed E-state index contributed by atoms with van der Waals surface area (Å²) in [6.07, 6.45) is -0.107. The van der Waals surface area contributed by atoms with Crippen molar-refractivity contribution in [2.24, 2.45) is 5.73 Å². The van der Waals surface area contributed by atoms with Gasteiger partial charge in [-0.15, -0.1) is 0 Å². The van der Waals surface area contributed by atoms with E-state index in [-0.39, 0.29) is 19.2 Å². The van der Waals surface area contributed by atoms with Crippen molar-refractivity contribution in [1.82, 2.24) is 20.6 Å². The molecular weight excluding hydrogens is 706 g/mol. The van der Waals surface area contributed by atoms with Gasteiger partial charge in [-0.2, -0.15) is 0 Å². The summed E-state index contributed by atoms with van der Waals surface area (Å²) in [6.45, 7) is 1.06. The maximum atomic E-state index is 13.0. The van der Waals surface area contributed by atoms with Crippen LogP contribution in [0.5, 0.6) is 0 Å². The Kier molecular flexibility index (Phi) is 12.5. The summed E-state index contributed by atoms with van der Waals surface area (Å²) in [7, 11) is 0. The Morgan fingerprint density at radius 2 is 1.77 bits per heavy atom. The summed E-state index contributed by atoms with van der Waals surface area (Å²) in [4.78, 5) is 32.9. The molecule has 0 fully saturated rings. The largest absolute Gasteiger partial charge is 0.447 e. The Morgan fingerprint density at radius 1 is 1.00 bits per heavy atom. The first kappa shape index (κ1) is 32.6. The van der Waals surface area contributed by atoms with Crippen molar-refractivity contribution in [3.8, 4) is 11.3 Å². The summed E-state index contributed by atoms with van der Waals surface area (Å²) in [5.74, 6) is 0.490. The molecule has 3 aromatic carbocycles. The second kappa shape index (κ2) is 16.5. The molecule has 1 heterocycles. The van der Waals surface area contributed by atoms with Crippen molar-refractivity contribution >= 4 is 63.6 Å². The zero-order valence-corrected chi connectivity index (χ0v) is 26.7. The topological polar surface area (TPSA) is 143 Å². The Balaban J connectivity index is 1.46. The van der Waals surface area contributed by atoms with Gasteiger partial charge in [-0.05, 0) is 47.4 Å². The number of urea groups is 1. The SMILES string of the molecule is NCc1ccc(Cl)cc1CNC(=O)N[C@@H](Cc1ccccc1)c1nc(-c2ccc(NC(=O)OCCOCI)cc2)c(Cl)[nH]1. The van der Waals surface area contributed by atoms with Gasteiger partial charge >= 0.3 is 12.1 Å². The van der Waals surface area contributed by atoms with E-state index in [1.807, 2.05) is 36.4 Å². The smallest absolute Gasteiger partial charge is 0.411 e. The zero-order valence-electron chi connectivity index (χ0n) is 23.0. The second-order valence-corrected chi connectivity index (χ2v) is 10.8. The summed E-state index contributed by atoms with van der Waals surface area (Å²) in [6, 6.07) is 21.3. The van der Waals surface area contributed by atoms with Crippen molar-refractivity contribution in [1.29, 1.82) is 0 Å². The van der Waals surface area contributed by atoms with Crippen LogP contribution in [-0.4, -0.2) is 39.9 Å². The number of hydrogen-bond acceptors (Lipinski definition) is 6. The van der Waals surface area contributed by atoms with Gasteiger partial charge in [0.25, 0.3) is 0 Å². The molecule has 0 aliphatic rings. The number of carbonyl (C=O) groups is 2. The fourth-order valence-corrected chi connectivity index (χ4v) is 5.00. The Labute approximate surface area is 273 Å². The van der Waals surface area contributed by atoms with Crippen LogP contribution >= 0.6 is 45.8 Å². The van der Waals surface area contributed by atoms with E-state index >= 15 is 0 Å². The maximum Gasteiger partial charge on any atom is 0.411 e. The molecule has 10 nitrogen and oxygen atoms in total. The fraction of sp³-hybridized carbons (Fsp3) is 0.233. The van der Waals surface area contributed by atoms with Crippen molar-refractivity contribution in [2.75, 3.05) is 23.1 Å². The molecule has 0 radical (unpaired) electrons. The highest BCUT2D eigenvalue weighted by atomic mass is 127. The van der Waals surface area contributed by atoms with Gasteiger partial charge < -0.3 is 30.8 Å². The molecule has 0 bridgehead atoms. The number of nitrogens with one attached hydrogen (secondary N) is 4. The van der Waals surface area contributed by atoms with E-state index in [1.54, 1.807) is 36.4 Å². The van der Waals surface area contributed by atoms with Crippen LogP contribution < -0.4 is 21.7 Å². The molecule has 0 saturated heterocycles. The molecule has 3 amide bonds. The number of carbonyl (C=O) groups excluding carboxylic acids is 2. The third kappa shape index (κ3) is 9.83. The van der Waals surface area contributed by atoms with E-state index in [1.165, 1.54) is 0 Å². The Bertz CT molecular complexity index is 1500. The number of amides is 3. The van der Waals surface area contributed by atoms with Crippen LogP contribution in [0.25, 0.3) is 11.3 Å². The number of ether oxygens (including phenoxy) is 2. The monoisotopic (exact) mass is 736 g/mol. The van der Waals surface area contributed by atoms with Gasteiger partial charge in [0.2, 0.25) is 0 Å². The number of hydrogen-bond donors (Lipinski definition) is 5. The molecule has 4 aromatic rings. The van der Waals surface area contributed by atoms with Crippen molar-refractivity contribution < 1.29 is 19.1 Å². The highest BCUT2D eigenvalue weighted by Gasteiger charge is 2.22. The number of aromatic nitrogens is 2. The fourth-order valence-electron chi connectivity index (χ4n) is 4.25. The highest BCUT2D eigenvalue weighted by Crippen LogP contribution is 2.29. The predicted molar refractivity (Wildman–Crippen MR) is 176 cm³/mol. The molecule has 0 spiro atoms. The van der Waals surface area contributed by atoms with Gasteiger partial charge in [-0.1, -0.05) is 94.3 Å². The number of anilines is 1. The summed E-state index contributed by atoms with van der Waals surface area (Å²) < 4.78 is 10.8. The van der Waals surface area contributed by atoms with Crippen molar-refractivity contribution in [2.45, 2.75) is 25.6 Å². The van der Waals surface area contributed by atoms with Gasteiger partial charge in [-0.3, -0.25) is 5.32 Å². The molecule has 6 N–H and O–H groups in total. The molecule has 0 unspecified atom stereocenters. The first-order valence-corrected chi connectivity index (χ1v) is 15.6. The average Bonchev–Trinajstić information content (AvgIpc) is 3.40. The zero-order chi connectivity index (χ0) is 30.6. The number of rotatable bonds is 13. The van der Waals surface area contributed by atoms with Gasteiger partial charge in [0.15, 0.2) is 0 Å². The standard InChI is InChI=1S/C30H31Cl2IN6O4/c31-23-9-6-21(16-34)22(15-23)17-35-29(40)37-25(14-19-4-2-1-3-5-19)28-38-26(27(32)39-28)20-7-10-24(11-8-20)36-30(41)43-13-12-42-18-33/h1-11,15,25H,12-14,16-18,34H2,(H,36,41)(H,38,39)(H2,35,37,40)/t25-/m0/s1. The lowest BCUT2D eigenvalue weighted by Crippen LogP contribution is -2.39. The highest BCUT2D eigenvalue weighted by molar-refractivity contribution is 14.1. The number of nitrogens with two attached hydrogens (primary N) is 1. The van der Waals surface area contributed by atoms with Crippen LogP contribution in [-0.2, 0) is 29.0 Å². The molecule has 0 saturated carbocycles. The molecule has 13 heteroatoms. The quantitative estimate of drug-likeness (QED) is 0.0596. The summed E-state index contributed by atoms with van der Waals surface area (Å²) in [5, 5.41) is 9.46. The van der Waals surface area contributed by atoms with Crippen LogP contribution in [0.3, 0.4) is 0 Å². The number of imidazole rings is 1.